The number of rotatable bonds is 5. The molecule has 0 aliphatic rings. The van der Waals surface area contributed by atoms with Gasteiger partial charge in [0, 0.05) is 28.7 Å². The Morgan fingerprint density at radius 2 is 2.12 bits per heavy atom. The maximum absolute atomic E-state index is 13.4. The third kappa shape index (κ3) is 4.20. The lowest BCUT2D eigenvalue weighted by molar-refractivity contribution is 0.229. The smallest absolute Gasteiger partial charge is 0.127 e. The van der Waals surface area contributed by atoms with E-state index in [1.165, 1.54) is 6.07 Å². The van der Waals surface area contributed by atoms with Crippen LogP contribution >= 0.6 is 15.9 Å². The van der Waals surface area contributed by atoms with Gasteiger partial charge in [0.25, 0.3) is 0 Å². The minimum Gasteiger partial charge on any atom is -0.396 e. The molecule has 0 heterocycles. The summed E-state index contributed by atoms with van der Waals surface area (Å²) in [7, 11) is 0. The van der Waals surface area contributed by atoms with Crippen molar-refractivity contribution in [2.75, 3.05) is 6.61 Å². The van der Waals surface area contributed by atoms with Crippen LogP contribution in [-0.4, -0.2) is 17.3 Å². The van der Waals surface area contributed by atoms with E-state index < -0.39 is 0 Å². The number of nitrogens with one attached hydrogen (secondary N) is 1. The Morgan fingerprint density at radius 3 is 2.75 bits per heavy atom. The standard InChI is InChI=1S/C12H17BrFNO/c1-12(2,5-6-16)15-8-9-7-10(13)3-4-11(9)14/h3-4,7,15-16H,5-6,8H2,1-2H3. The second-order valence-electron chi connectivity index (χ2n) is 4.45. The second kappa shape index (κ2) is 5.75. The number of benzene rings is 1. The number of aliphatic hydroxyl groups excluding tert-OH is 1. The minimum atomic E-state index is -0.213. The zero-order chi connectivity index (χ0) is 12.2. The van der Waals surface area contributed by atoms with E-state index in [1.54, 1.807) is 12.1 Å². The Bertz CT molecular complexity index is 355. The van der Waals surface area contributed by atoms with Crippen LogP contribution in [0.2, 0.25) is 0 Å². The summed E-state index contributed by atoms with van der Waals surface area (Å²) in [5.74, 6) is -0.213. The molecule has 0 amide bonds. The average molecular weight is 290 g/mol. The lowest BCUT2D eigenvalue weighted by atomic mass is 10.0. The molecule has 0 fully saturated rings. The molecule has 2 N–H and O–H groups in total. The van der Waals surface area contributed by atoms with Crippen LogP contribution in [0.4, 0.5) is 4.39 Å². The maximum atomic E-state index is 13.4. The third-order valence-electron chi connectivity index (χ3n) is 2.50. The normalized spacial score (nSPS) is 11.8. The highest BCUT2D eigenvalue weighted by molar-refractivity contribution is 9.10. The van der Waals surface area contributed by atoms with E-state index in [0.717, 1.165) is 4.47 Å². The lowest BCUT2D eigenvalue weighted by Gasteiger charge is -2.25. The van der Waals surface area contributed by atoms with Gasteiger partial charge in [-0.15, -0.1) is 0 Å². The molecule has 0 spiro atoms. The fraction of sp³-hybridized carbons (Fsp3) is 0.500. The molecule has 0 bridgehead atoms. The van der Waals surface area contributed by atoms with Crippen LogP contribution in [0.5, 0.6) is 0 Å². The van der Waals surface area contributed by atoms with Crippen molar-refractivity contribution in [1.29, 1.82) is 0 Å². The van der Waals surface area contributed by atoms with Crippen molar-refractivity contribution in [3.05, 3.63) is 34.1 Å². The molecular weight excluding hydrogens is 273 g/mol. The van der Waals surface area contributed by atoms with E-state index in [0.29, 0.717) is 18.5 Å². The lowest BCUT2D eigenvalue weighted by Crippen LogP contribution is -2.39. The van der Waals surface area contributed by atoms with E-state index in [4.69, 9.17) is 5.11 Å². The average Bonchev–Trinajstić information content (AvgIpc) is 2.19. The van der Waals surface area contributed by atoms with E-state index in [1.807, 2.05) is 13.8 Å². The Labute approximate surface area is 104 Å². The van der Waals surface area contributed by atoms with Gasteiger partial charge >= 0.3 is 0 Å². The molecule has 0 atom stereocenters. The summed E-state index contributed by atoms with van der Waals surface area (Å²) in [5.41, 5.74) is 0.434. The predicted octanol–water partition coefficient (Wildman–Crippen LogP) is 2.84. The Kier molecular flexibility index (Phi) is 4.89. The Morgan fingerprint density at radius 1 is 1.44 bits per heavy atom. The van der Waals surface area contributed by atoms with Gasteiger partial charge in [-0.05, 0) is 38.5 Å². The van der Waals surface area contributed by atoms with Crippen LogP contribution in [-0.2, 0) is 6.54 Å². The number of hydrogen-bond donors (Lipinski definition) is 2. The largest absolute Gasteiger partial charge is 0.396 e. The number of halogens is 2. The zero-order valence-electron chi connectivity index (χ0n) is 9.56. The Hall–Kier alpha value is -0.450. The van der Waals surface area contributed by atoms with Gasteiger partial charge < -0.3 is 10.4 Å². The van der Waals surface area contributed by atoms with Gasteiger partial charge in [0.2, 0.25) is 0 Å². The summed E-state index contributed by atoms with van der Waals surface area (Å²) in [6, 6.07) is 4.88. The van der Waals surface area contributed by atoms with Crippen molar-refractivity contribution in [3.63, 3.8) is 0 Å². The van der Waals surface area contributed by atoms with E-state index in [9.17, 15) is 4.39 Å². The van der Waals surface area contributed by atoms with E-state index in [-0.39, 0.29) is 18.0 Å². The summed E-state index contributed by atoms with van der Waals surface area (Å²) in [6.07, 6.45) is 0.641. The van der Waals surface area contributed by atoms with E-state index >= 15 is 0 Å². The quantitative estimate of drug-likeness (QED) is 0.874. The first kappa shape index (κ1) is 13.6. The second-order valence-corrected chi connectivity index (χ2v) is 5.36. The fourth-order valence-corrected chi connectivity index (χ4v) is 1.79. The molecule has 0 saturated heterocycles. The van der Waals surface area contributed by atoms with Crippen LogP contribution in [0.15, 0.2) is 22.7 Å². The van der Waals surface area contributed by atoms with Gasteiger partial charge in [-0.2, -0.15) is 0 Å². The fourth-order valence-electron chi connectivity index (χ4n) is 1.38. The first-order valence-electron chi connectivity index (χ1n) is 5.24. The molecular formula is C12H17BrFNO. The third-order valence-corrected chi connectivity index (χ3v) is 3.00. The summed E-state index contributed by atoms with van der Waals surface area (Å²) in [6.45, 7) is 4.55. The topological polar surface area (TPSA) is 32.3 Å². The Balaban J connectivity index is 2.63. The molecule has 0 saturated carbocycles. The zero-order valence-corrected chi connectivity index (χ0v) is 11.1. The van der Waals surface area contributed by atoms with Gasteiger partial charge in [-0.25, -0.2) is 4.39 Å². The molecule has 1 rings (SSSR count). The highest BCUT2D eigenvalue weighted by atomic mass is 79.9. The first-order valence-corrected chi connectivity index (χ1v) is 6.04. The van der Waals surface area contributed by atoms with Crippen LogP contribution in [0.3, 0.4) is 0 Å². The molecule has 0 aliphatic carbocycles. The van der Waals surface area contributed by atoms with Crippen molar-refractivity contribution in [2.24, 2.45) is 0 Å². The van der Waals surface area contributed by atoms with E-state index in [2.05, 4.69) is 21.2 Å². The molecule has 0 radical (unpaired) electrons. The molecule has 0 aliphatic heterocycles. The van der Waals surface area contributed by atoms with Gasteiger partial charge in [0.15, 0.2) is 0 Å². The van der Waals surface area contributed by atoms with Gasteiger partial charge in [-0.3, -0.25) is 0 Å². The molecule has 16 heavy (non-hydrogen) atoms. The summed E-state index contributed by atoms with van der Waals surface area (Å²) < 4.78 is 14.3. The highest BCUT2D eigenvalue weighted by Gasteiger charge is 2.16. The summed E-state index contributed by atoms with van der Waals surface area (Å²) in [4.78, 5) is 0. The van der Waals surface area contributed by atoms with Crippen molar-refractivity contribution >= 4 is 15.9 Å². The SMILES string of the molecule is CC(C)(CCO)NCc1cc(Br)ccc1F. The van der Waals surface area contributed by atoms with Gasteiger partial charge in [-0.1, -0.05) is 15.9 Å². The highest BCUT2D eigenvalue weighted by Crippen LogP contribution is 2.17. The van der Waals surface area contributed by atoms with Crippen LogP contribution in [0, 0.1) is 5.82 Å². The van der Waals surface area contributed by atoms with Gasteiger partial charge in [0.05, 0.1) is 0 Å². The summed E-state index contributed by atoms with van der Waals surface area (Å²) in [5, 5.41) is 12.1. The maximum Gasteiger partial charge on any atom is 0.127 e. The molecule has 4 heteroatoms. The molecule has 0 unspecified atom stereocenters. The number of aliphatic hydroxyl groups is 1. The molecule has 90 valence electrons. The minimum absolute atomic E-state index is 0.126. The van der Waals surface area contributed by atoms with Gasteiger partial charge in [0.1, 0.15) is 5.82 Å². The van der Waals surface area contributed by atoms with Crippen molar-refractivity contribution in [3.8, 4) is 0 Å². The molecule has 0 aromatic heterocycles. The molecule has 2 nitrogen and oxygen atoms in total. The van der Waals surface area contributed by atoms with Crippen molar-refractivity contribution in [2.45, 2.75) is 32.4 Å². The number of hydrogen-bond acceptors (Lipinski definition) is 2. The molecule has 1 aromatic rings. The van der Waals surface area contributed by atoms with Crippen LogP contribution in [0.25, 0.3) is 0 Å². The summed E-state index contributed by atoms with van der Waals surface area (Å²) >= 11 is 3.31. The molecule has 1 aromatic carbocycles. The monoisotopic (exact) mass is 289 g/mol. The van der Waals surface area contributed by atoms with Crippen LogP contribution < -0.4 is 5.32 Å². The van der Waals surface area contributed by atoms with Crippen molar-refractivity contribution < 1.29 is 9.50 Å². The predicted molar refractivity (Wildman–Crippen MR) is 66.7 cm³/mol. The van der Waals surface area contributed by atoms with Crippen molar-refractivity contribution in [1.82, 2.24) is 5.32 Å². The van der Waals surface area contributed by atoms with Crippen LogP contribution in [0.1, 0.15) is 25.8 Å². The first-order chi connectivity index (χ1) is 7.44.